The minimum Gasteiger partial charge on any atom is -0.504 e. The van der Waals surface area contributed by atoms with Gasteiger partial charge in [-0.1, -0.05) is 18.2 Å². The number of hydrogen-bond donors (Lipinski definition) is 2. The van der Waals surface area contributed by atoms with E-state index in [2.05, 4.69) is 11.9 Å². The highest BCUT2D eigenvalue weighted by molar-refractivity contribution is 5.97. The van der Waals surface area contributed by atoms with E-state index in [9.17, 15) is 9.90 Å². The van der Waals surface area contributed by atoms with Gasteiger partial charge in [0.2, 0.25) is 11.7 Å². The van der Waals surface area contributed by atoms with E-state index in [1.807, 2.05) is 24.3 Å². The Morgan fingerprint density at radius 3 is 2.72 bits per heavy atom. The molecule has 0 saturated heterocycles. The largest absolute Gasteiger partial charge is 0.504 e. The van der Waals surface area contributed by atoms with Crippen molar-refractivity contribution in [2.75, 3.05) is 45.4 Å². The summed E-state index contributed by atoms with van der Waals surface area (Å²) in [4.78, 5) is 14.0. The third-order valence-electron chi connectivity index (χ3n) is 5.53. The number of anilines is 1. The number of ether oxygens (including phenoxy) is 3. The highest BCUT2D eigenvalue weighted by atomic mass is 16.5. The van der Waals surface area contributed by atoms with Gasteiger partial charge < -0.3 is 29.5 Å². The number of amides is 1. The number of nitrogens with one attached hydrogen (secondary N) is 1. The Hall–Kier alpha value is -3.19. The van der Waals surface area contributed by atoms with Gasteiger partial charge >= 0.3 is 0 Å². The van der Waals surface area contributed by atoms with Gasteiger partial charge in [-0.15, -0.1) is 6.58 Å². The van der Waals surface area contributed by atoms with E-state index in [4.69, 9.17) is 14.2 Å². The maximum atomic E-state index is 12.2. The molecule has 0 fully saturated rings. The minimum absolute atomic E-state index is 0.120. The number of phenolic OH excluding ortho intramolecular Hbond substituents is 1. The SMILES string of the molecule is C=CCN1C(=O)CCc2c(OCCCNCCc3ccc(OC)c(OC)c3O)cccc21. The average Bonchev–Trinajstić information content (AvgIpc) is 2.81. The van der Waals surface area contributed by atoms with Crippen LogP contribution in [0.4, 0.5) is 5.69 Å². The molecule has 2 aromatic carbocycles. The van der Waals surface area contributed by atoms with E-state index >= 15 is 0 Å². The van der Waals surface area contributed by atoms with Crippen LogP contribution in [0.15, 0.2) is 43.0 Å². The number of aromatic hydroxyl groups is 1. The maximum absolute atomic E-state index is 12.2. The molecule has 0 aliphatic carbocycles. The van der Waals surface area contributed by atoms with E-state index in [-0.39, 0.29) is 11.7 Å². The van der Waals surface area contributed by atoms with Crippen LogP contribution in [0, 0.1) is 0 Å². The van der Waals surface area contributed by atoms with Crippen molar-refractivity contribution in [1.82, 2.24) is 5.32 Å². The number of carbonyl (C=O) groups excluding carboxylic acids is 1. The van der Waals surface area contributed by atoms with Crippen molar-refractivity contribution in [2.24, 2.45) is 0 Å². The summed E-state index contributed by atoms with van der Waals surface area (Å²) in [6, 6.07) is 9.50. The Labute approximate surface area is 189 Å². The Bertz CT molecular complexity index is 944. The average molecular weight is 441 g/mol. The van der Waals surface area contributed by atoms with Gasteiger partial charge in [0.05, 0.1) is 26.5 Å². The zero-order chi connectivity index (χ0) is 22.9. The van der Waals surface area contributed by atoms with Crippen LogP contribution in [0.1, 0.15) is 24.0 Å². The lowest BCUT2D eigenvalue weighted by atomic mass is 10.00. The molecule has 2 N–H and O–H groups in total. The highest BCUT2D eigenvalue weighted by Gasteiger charge is 2.25. The number of hydrogen-bond acceptors (Lipinski definition) is 6. The van der Waals surface area contributed by atoms with E-state index in [1.54, 1.807) is 24.2 Å². The van der Waals surface area contributed by atoms with E-state index < -0.39 is 0 Å². The summed E-state index contributed by atoms with van der Waals surface area (Å²) in [6.07, 6.45) is 4.45. The van der Waals surface area contributed by atoms with Crippen LogP contribution in [-0.4, -0.2) is 51.5 Å². The van der Waals surface area contributed by atoms with Crippen molar-refractivity contribution in [3.63, 3.8) is 0 Å². The summed E-state index contributed by atoms with van der Waals surface area (Å²) in [5, 5.41) is 13.7. The van der Waals surface area contributed by atoms with Gasteiger partial charge in [0, 0.05) is 18.5 Å². The molecular formula is C25H32N2O5. The van der Waals surface area contributed by atoms with Gasteiger partial charge in [0.25, 0.3) is 0 Å². The molecule has 0 unspecified atom stereocenters. The molecule has 0 atom stereocenters. The fraction of sp³-hybridized carbons (Fsp3) is 0.400. The predicted octanol–water partition coefficient (Wildman–Crippen LogP) is 3.48. The first-order chi connectivity index (χ1) is 15.6. The second-order valence-electron chi connectivity index (χ2n) is 7.56. The van der Waals surface area contributed by atoms with Crippen molar-refractivity contribution >= 4 is 11.6 Å². The Morgan fingerprint density at radius 1 is 1.12 bits per heavy atom. The summed E-state index contributed by atoms with van der Waals surface area (Å²) >= 11 is 0. The van der Waals surface area contributed by atoms with Crippen LogP contribution in [0.3, 0.4) is 0 Å². The third-order valence-corrected chi connectivity index (χ3v) is 5.53. The second kappa shape index (κ2) is 11.4. The number of fused-ring (bicyclic) bond motifs is 1. The standard InChI is InChI=1S/C25H32N2O5/c1-4-16-27-20-7-5-8-21(19(20)10-12-23(27)28)32-17-6-14-26-15-13-18-9-11-22(30-2)25(31-3)24(18)29/h4-5,7-9,11,26,29H,1,6,10,12-17H2,2-3H3. The van der Waals surface area contributed by atoms with Crippen LogP contribution in [0.25, 0.3) is 0 Å². The lowest BCUT2D eigenvalue weighted by Gasteiger charge is -2.29. The fourth-order valence-electron chi connectivity index (χ4n) is 3.90. The lowest BCUT2D eigenvalue weighted by molar-refractivity contribution is -0.118. The first-order valence-corrected chi connectivity index (χ1v) is 10.9. The molecule has 2 aromatic rings. The van der Waals surface area contributed by atoms with Crippen LogP contribution < -0.4 is 24.4 Å². The fourth-order valence-corrected chi connectivity index (χ4v) is 3.90. The van der Waals surface area contributed by atoms with Gasteiger partial charge in [-0.3, -0.25) is 4.79 Å². The summed E-state index contributed by atoms with van der Waals surface area (Å²) in [5.41, 5.74) is 2.82. The molecule has 0 radical (unpaired) electrons. The number of rotatable bonds is 12. The monoisotopic (exact) mass is 440 g/mol. The zero-order valence-corrected chi connectivity index (χ0v) is 18.9. The van der Waals surface area contributed by atoms with E-state index in [0.717, 1.165) is 42.1 Å². The molecule has 32 heavy (non-hydrogen) atoms. The molecule has 7 heteroatoms. The molecule has 1 amide bonds. The third kappa shape index (κ3) is 5.34. The van der Waals surface area contributed by atoms with Crippen molar-refractivity contribution in [2.45, 2.75) is 25.7 Å². The first-order valence-electron chi connectivity index (χ1n) is 10.9. The molecule has 0 saturated carbocycles. The Morgan fingerprint density at radius 2 is 1.97 bits per heavy atom. The smallest absolute Gasteiger partial charge is 0.227 e. The van der Waals surface area contributed by atoms with Crippen molar-refractivity contribution in [1.29, 1.82) is 0 Å². The molecule has 0 aromatic heterocycles. The Balaban J connectivity index is 1.44. The number of benzene rings is 2. The molecule has 3 rings (SSSR count). The van der Waals surface area contributed by atoms with Crippen molar-refractivity contribution < 1.29 is 24.1 Å². The van der Waals surface area contributed by atoms with Crippen LogP contribution in [0.5, 0.6) is 23.0 Å². The number of phenols is 1. The minimum atomic E-state index is 0.120. The van der Waals surface area contributed by atoms with Crippen LogP contribution in [-0.2, 0) is 17.6 Å². The van der Waals surface area contributed by atoms with E-state index in [1.165, 1.54) is 7.11 Å². The summed E-state index contributed by atoms with van der Waals surface area (Å²) in [6.45, 7) is 6.37. The summed E-state index contributed by atoms with van der Waals surface area (Å²) in [5.74, 6) is 1.96. The molecule has 172 valence electrons. The van der Waals surface area contributed by atoms with E-state index in [0.29, 0.717) is 43.9 Å². The van der Waals surface area contributed by atoms with Crippen molar-refractivity contribution in [3.8, 4) is 23.0 Å². The van der Waals surface area contributed by atoms with Crippen LogP contribution in [0.2, 0.25) is 0 Å². The highest BCUT2D eigenvalue weighted by Crippen LogP contribution is 2.39. The van der Waals surface area contributed by atoms with Gasteiger partial charge in [0.15, 0.2) is 11.5 Å². The van der Waals surface area contributed by atoms with Gasteiger partial charge in [-0.2, -0.15) is 0 Å². The summed E-state index contributed by atoms with van der Waals surface area (Å²) < 4.78 is 16.5. The molecule has 1 heterocycles. The number of nitrogens with zero attached hydrogens (tertiary/aromatic N) is 1. The number of carbonyl (C=O) groups is 1. The van der Waals surface area contributed by atoms with Gasteiger partial charge in [-0.05, 0) is 56.1 Å². The predicted molar refractivity (Wildman–Crippen MR) is 125 cm³/mol. The van der Waals surface area contributed by atoms with Crippen molar-refractivity contribution in [3.05, 3.63) is 54.1 Å². The molecule has 1 aliphatic rings. The maximum Gasteiger partial charge on any atom is 0.227 e. The van der Waals surface area contributed by atoms with Gasteiger partial charge in [-0.25, -0.2) is 0 Å². The quantitative estimate of drug-likeness (QED) is 0.389. The normalized spacial score (nSPS) is 12.9. The second-order valence-corrected chi connectivity index (χ2v) is 7.56. The zero-order valence-electron chi connectivity index (χ0n) is 18.9. The molecule has 0 spiro atoms. The molecular weight excluding hydrogens is 408 g/mol. The number of methoxy groups -OCH3 is 2. The summed E-state index contributed by atoms with van der Waals surface area (Å²) in [7, 11) is 3.06. The first kappa shape index (κ1) is 23.5. The molecule has 1 aliphatic heterocycles. The lowest BCUT2D eigenvalue weighted by Crippen LogP contribution is -2.35. The molecule has 0 bridgehead atoms. The van der Waals surface area contributed by atoms with Gasteiger partial charge in [0.1, 0.15) is 5.75 Å². The Kier molecular flexibility index (Phi) is 8.39. The topological polar surface area (TPSA) is 80.3 Å². The molecule has 7 nitrogen and oxygen atoms in total. The van der Waals surface area contributed by atoms with Crippen LogP contribution >= 0.6 is 0 Å².